The van der Waals surface area contributed by atoms with E-state index in [4.69, 9.17) is 10.5 Å². The molecule has 8 heteroatoms. The highest BCUT2D eigenvalue weighted by molar-refractivity contribution is 5.92. The van der Waals surface area contributed by atoms with Gasteiger partial charge in [0.15, 0.2) is 11.5 Å². The van der Waals surface area contributed by atoms with Crippen LogP contribution in [0.1, 0.15) is 47.7 Å². The lowest BCUT2D eigenvalue weighted by Gasteiger charge is -2.23. The number of hydrogen-bond donors (Lipinski definition) is 2. The van der Waals surface area contributed by atoms with Crippen LogP contribution in [0.4, 0.5) is 4.39 Å². The van der Waals surface area contributed by atoms with Crippen molar-refractivity contribution in [1.29, 1.82) is 0 Å². The van der Waals surface area contributed by atoms with Gasteiger partial charge in [-0.1, -0.05) is 13.3 Å². The van der Waals surface area contributed by atoms with E-state index in [9.17, 15) is 9.18 Å². The highest BCUT2D eigenvalue weighted by Gasteiger charge is 2.23. The maximum absolute atomic E-state index is 14.5. The van der Waals surface area contributed by atoms with Gasteiger partial charge in [-0.3, -0.25) is 9.78 Å². The normalized spacial score (nSPS) is 17.6. The predicted molar refractivity (Wildman–Crippen MR) is 90.0 cm³/mol. The van der Waals surface area contributed by atoms with E-state index in [0.29, 0.717) is 25.3 Å². The Morgan fingerprint density at radius 1 is 1.52 bits per heavy atom. The third kappa shape index (κ3) is 3.69. The minimum Gasteiger partial charge on any atom is -0.369 e. The lowest BCUT2D eigenvalue weighted by Crippen LogP contribution is -2.33. The zero-order valence-electron chi connectivity index (χ0n) is 14.2. The summed E-state index contributed by atoms with van der Waals surface area (Å²) in [7, 11) is 0. The molecule has 1 aliphatic heterocycles. The molecule has 3 rings (SSSR count). The van der Waals surface area contributed by atoms with E-state index < -0.39 is 11.7 Å². The van der Waals surface area contributed by atoms with Crippen molar-refractivity contribution >= 4 is 5.91 Å². The summed E-state index contributed by atoms with van der Waals surface area (Å²) in [6, 6.07) is 3.53. The number of unbranched alkanes of at least 4 members (excludes halogenated alkanes) is 1. The third-order valence-electron chi connectivity index (χ3n) is 4.17. The van der Waals surface area contributed by atoms with Gasteiger partial charge in [0.25, 0.3) is 5.91 Å². The number of amides is 1. The second-order valence-corrected chi connectivity index (χ2v) is 5.99. The molecule has 0 aliphatic carbocycles. The molecule has 0 radical (unpaired) electrons. The van der Waals surface area contributed by atoms with Crippen LogP contribution in [-0.4, -0.2) is 40.4 Å². The van der Waals surface area contributed by atoms with Gasteiger partial charge in [-0.05, 0) is 25.0 Å². The fourth-order valence-corrected chi connectivity index (χ4v) is 2.82. The Morgan fingerprint density at radius 3 is 2.96 bits per heavy atom. The van der Waals surface area contributed by atoms with E-state index in [1.165, 1.54) is 4.68 Å². The summed E-state index contributed by atoms with van der Waals surface area (Å²) in [6.45, 7) is 4.15. The summed E-state index contributed by atoms with van der Waals surface area (Å²) >= 11 is 0. The van der Waals surface area contributed by atoms with Crippen molar-refractivity contribution in [2.45, 2.75) is 32.3 Å². The molecule has 25 heavy (non-hydrogen) atoms. The Hall–Kier alpha value is -2.32. The molecule has 134 valence electrons. The lowest BCUT2D eigenvalue weighted by atomic mass is 10.2. The van der Waals surface area contributed by atoms with E-state index in [0.717, 1.165) is 25.1 Å². The number of hydrogen-bond acceptors (Lipinski definition) is 5. The van der Waals surface area contributed by atoms with Crippen molar-refractivity contribution in [1.82, 2.24) is 20.1 Å². The summed E-state index contributed by atoms with van der Waals surface area (Å²) < 4.78 is 21.4. The zero-order valence-corrected chi connectivity index (χ0v) is 14.2. The maximum atomic E-state index is 14.5. The minimum absolute atomic E-state index is 0.118. The monoisotopic (exact) mass is 347 g/mol. The predicted octanol–water partition coefficient (Wildman–Crippen LogP) is 1.51. The molecule has 3 N–H and O–H groups in total. The molecule has 1 amide bonds. The number of nitrogens with zero attached hydrogens (tertiary/aromatic N) is 3. The van der Waals surface area contributed by atoms with Crippen LogP contribution in [0.2, 0.25) is 0 Å². The number of aromatic nitrogens is 3. The quantitative estimate of drug-likeness (QED) is 0.826. The first kappa shape index (κ1) is 17.5. The Balaban J connectivity index is 1.91. The number of nitrogens with one attached hydrogen (secondary N) is 1. The summed E-state index contributed by atoms with van der Waals surface area (Å²) in [5.41, 5.74) is 6.63. The molecular formula is C17H22FN5O2. The molecule has 2 aromatic heterocycles. The summed E-state index contributed by atoms with van der Waals surface area (Å²) in [5, 5.41) is 7.48. The maximum Gasteiger partial charge on any atom is 0.270 e. The molecule has 1 atom stereocenters. The van der Waals surface area contributed by atoms with Crippen molar-refractivity contribution in [2.24, 2.45) is 5.73 Å². The SMILES string of the molecule is CCCCc1nn(-c2ccc([C@H]3CNCCO3)nc2)c(C(N)=O)c1F. The minimum atomic E-state index is -0.850. The average molecular weight is 347 g/mol. The molecule has 2 aromatic rings. The average Bonchev–Trinajstić information content (AvgIpc) is 2.97. The summed E-state index contributed by atoms with van der Waals surface area (Å²) in [5.74, 6) is -1.50. The summed E-state index contributed by atoms with van der Waals surface area (Å²) in [6.07, 6.45) is 3.59. The molecule has 3 heterocycles. The van der Waals surface area contributed by atoms with Gasteiger partial charge in [-0.15, -0.1) is 0 Å². The van der Waals surface area contributed by atoms with Gasteiger partial charge in [0.05, 0.1) is 29.9 Å². The molecule has 0 bridgehead atoms. The Kier molecular flexibility index (Phi) is 5.40. The highest BCUT2D eigenvalue weighted by atomic mass is 19.1. The number of nitrogens with two attached hydrogens (primary N) is 1. The fraction of sp³-hybridized carbons (Fsp3) is 0.471. The standard InChI is InChI=1S/C17H22FN5O2/c1-2-3-4-13-15(18)16(17(19)24)23(22-13)11-5-6-12(21-9-11)14-10-20-7-8-25-14/h5-6,9,14,20H,2-4,7-8,10H2,1H3,(H2,19,24)/t14-/m1/s1. The number of carbonyl (C=O) groups is 1. The second-order valence-electron chi connectivity index (χ2n) is 5.99. The van der Waals surface area contributed by atoms with Crippen LogP contribution in [0.5, 0.6) is 0 Å². The number of pyridine rings is 1. The van der Waals surface area contributed by atoms with E-state index in [1.54, 1.807) is 18.3 Å². The largest absolute Gasteiger partial charge is 0.369 e. The van der Waals surface area contributed by atoms with Crippen LogP contribution >= 0.6 is 0 Å². The molecular weight excluding hydrogens is 325 g/mol. The second kappa shape index (κ2) is 7.71. The molecule has 0 aromatic carbocycles. The van der Waals surface area contributed by atoms with Gasteiger partial charge in [0.1, 0.15) is 6.10 Å². The summed E-state index contributed by atoms with van der Waals surface area (Å²) in [4.78, 5) is 16.1. The number of ether oxygens (including phenoxy) is 1. The van der Waals surface area contributed by atoms with E-state index in [1.807, 2.05) is 6.92 Å². The number of halogens is 1. The van der Waals surface area contributed by atoms with Crippen molar-refractivity contribution < 1.29 is 13.9 Å². The van der Waals surface area contributed by atoms with Gasteiger partial charge < -0.3 is 15.8 Å². The van der Waals surface area contributed by atoms with Gasteiger partial charge in [0, 0.05) is 13.1 Å². The van der Waals surface area contributed by atoms with E-state index in [2.05, 4.69) is 15.4 Å². The van der Waals surface area contributed by atoms with Crippen LogP contribution in [0, 0.1) is 5.82 Å². The lowest BCUT2D eigenvalue weighted by molar-refractivity contribution is 0.0250. The Bertz CT molecular complexity index is 738. The van der Waals surface area contributed by atoms with Crippen LogP contribution in [0.25, 0.3) is 5.69 Å². The number of morpholine rings is 1. The van der Waals surface area contributed by atoms with Crippen LogP contribution in [0.15, 0.2) is 18.3 Å². The first-order valence-corrected chi connectivity index (χ1v) is 8.47. The molecule has 1 fully saturated rings. The van der Waals surface area contributed by atoms with Crippen LogP contribution < -0.4 is 11.1 Å². The van der Waals surface area contributed by atoms with Crippen molar-refractivity contribution in [3.63, 3.8) is 0 Å². The molecule has 0 unspecified atom stereocenters. The Morgan fingerprint density at radius 2 is 2.36 bits per heavy atom. The van der Waals surface area contributed by atoms with E-state index in [-0.39, 0.29) is 17.5 Å². The van der Waals surface area contributed by atoms with Crippen LogP contribution in [-0.2, 0) is 11.2 Å². The molecule has 0 spiro atoms. The van der Waals surface area contributed by atoms with Gasteiger partial charge in [-0.2, -0.15) is 5.10 Å². The number of rotatable bonds is 6. The molecule has 1 aliphatic rings. The van der Waals surface area contributed by atoms with Gasteiger partial charge in [0.2, 0.25) is 0 Å². The number of aryl methyl sites for hydroxylation is 1. The first-order valence-electron chi connectivity index (χ1n) is 8.47. The molecule has 7 nitrogen and oxygen atoms in total. The number of primary amides is 1. The van der Waals surface area contributed by atoms with Gasteiger partial charge in [-0.25, -0.2) is 9.07 Å². The zero-order chi connectivity index (χ0) is 17.8. The number of carbonyl (C=O) groups excluding carboxylic acids is 1. The first-order chi connectivity index (χ1) is 12.1. The van der Waals surface area contributed by atoms with Gasteiger partial charge >= 0.3 is 0 Å². The smallest absolute Gasteiger partial charge is 0.270 e. The topological polar surface area (TPSA) is 95.1 Å². The fourth-order valence-electron chi connectivity index (χ4n) is 2.82. The highest BCUT2D eigenvalue weighted by Crippen LogP contribution is 2.21. The van der Waals surface area contributed by atoms with Crippen molar-refractivity contribution in [2.75, 3.05) is 19.7 Å². The molecule has 1 saturated heterocycles. The molecule has 0 saturated carbocycles. The Labute approximate surface area is 145 Å². The van der Waals surface area contributed by atoms with Crippen molar-refractivity contribution in [3.05, 3.63) is 41.2 Å². The van der Waals surface area contributed by atoms with Crippen LogP contribution in [0.3, 0.4) is 0 Å². The van der Waals surface area contributed by atoms with E-state index >= 15 is 0 Å². The van der Waals surface area contributed by atoms with Crippen molar-refractivity contribution in [3.8, 4) is 5.69 Å². The third-order valence-corrected chi connectivity index (χ3v) is 4.17.